The first-order valence-corrected chi connectivity index (χ1v) is 8.67. The van der Waals surface area contributed by atoms with Crippen molar-refractivity contribution >= 4 is 32.8 Å². The first-order valence-electron chi connectivity index (χ1n) is 6.63. The minimum Gasteiger partial charge on any atom is -0.378 e. The SMILES string of the molecule is CN(C)c1cccc(CS(=O)(=O)c2ccc(Cl)c([N+](=O)[O-])c2)c1. The van der Waals surface area contributed by atoms with Gasteiger partial charge in [-0.25, -0.2) is 8.42 Å². The fourth-order valence-electron chi connectivity index (χ4n) is 2.05. The summed E-state index contributed by atoms with van der Waals surface area (Å²) in [4.78, 5) is 11.9. The van der Waals surface area contributed by atoms with Crippen LogP contribution >= 0.6 is 11.6 Å². The summed E-state index contributed by atoms with van der Waals surface area (Å²) in [6.07, 6.45) is 0. The van der Waals surface area contributed by atoms with E-state index in [9.17, 15) is 18.5 Å². The Morgan fingerprint density at radius 1 is 1.17 bits per heavy atom. The number of hydrogen-bond acceptors (Lipinski definition) is 5. The molecule has 2 aromatic carbocycles. The van der Waals surface area contributed by atoms with E-state index >= 15 is 0 Å². The van der Waals surface area contributed by atoms with Crippen molar-refractivity contribution in [2.24, 2.45) is 0 Å². The Labute approximate surface area is 139 Å². The molecule has 8 heteroatoms. The lowest BCUT2D eigenvalue weighted by Crippen LogP contribution is -2.10. The quantitative estimate of drug-likeness (QED) is 0.608. The summed E-state index contributed by atoms with van der Waals surface area (Å²) in [5, 5.41) is 10.8. The van der Waals surface area contributed by atoms with Crippen LogP contribution in [0.2, 0.25) is 5.02 Å². The molecule has 0 unspecified atom stereocenters. The number of anilines is 1. The van der Waals surface area contributed by atoms with Crippen molar-refractivity contribution in [2.75, 3.05) is 19.0 Å². The van der Waals surface area contributed by atoms with Gasteiger partial charge < -0.3 is 4.90 Å². The van der Waals surface area contributed by atoms with E-state index in [-0.39, 0.29) is 15.7 Å². The van der Waals surface area contributed by atoms with Crippen molar-refractivity contribution in [3.63, 3.8) is 0 Å². The van der Waals surface area contributed by atoms with E-state index in [4.69, 9.17) is 11.6 Å². The molecular weight excluding hydrogens is 340 g/mol. The highest BCUT2D eigenvalue weighted by atomic mass is 35.5. The highest BCUT2D eigenvalue weighted by Gasteiger charge is 2.21. The molecule has 0 heterocycles. The lowest BCUT2D eigenvalue weighted by molar-refractivity contribution is -0.384. The molecular formula is C15H15ClN2O4S. The topological polar surface area (TPSA) is 80.5 Å². The van der Waals surface area contributed by atoms with Gasteiger partial charge in [-0.15, -0.1) is 0 Å². The Kier molecular flexibility index (Phi) is 4.91. The summed E-state index contributed by atoms with van der Waals surface area (Å²) in [6.45, 7) is 0. The Morgan fingerprint density at radius 2 is 1.87 bits per heavy atom. The van der Waals surface area contributed by atoms with Gasteiger partial charge in [-0.3, -0.25) is 10.1 Å². The summed E-state index contributed by atoms with van der Waals surface area (Å²) in [5.74, 6) is -0.243. The van der Waals surface area contributed by atoms with E-state index in [2.05, 4.69) is 0 Å². The van der Waals surface area contributed by atoms with Crippen molar-refractivity contribution in [3.8, 4) is 0 Å². The van der Waals surface area contributed by atoms with Crippen LogP contribution in [0, 0.1) is 10.1 Å². The minimum atomic E-state index is -3.71. The van der Waals surface area contributed by atoms with Crippen molar-refractivity contribution < 1.29 is 13.3 Å². The lowest BCUT2D eigenvalue weighted by Gasteiger charge is -2.13. The van der Waals surface area contributed by atoms with E-state index < -0.39 is 20.4 Å². The summed E-state index contributed by atoms with van der Waals surface area (Å²) in [5.41, 5.74) is 1.06. The number of hydrogen-bond donors (Lipinski definition) is 0. The van der Waals surface area contributed by atoms with Gasteiger partial charge in [-0.05, 0) is 29.8 Å². The number of nitro groups is 1. The van der Waals surface area contributed by atoms with E-state index in [1.54, 1.807) is 18.2 Å². The van der Waals surface area contributed by atoms with Crippen LogP contribution in [0.4, 0.5) is 11.4 Å². The third-order valence-electron chi connectivity index (χ3n) is 3.26. The van der Waals surface area contributed by atoms with Gasteiger partial charge in [0.15, 0.2) is 9.84 Å². The monoisotopic (exact) mass is 354 g/mol. The van der Waals surface area contributed by atoms with Crippen molar-refractivity contribution in [2.45, 2.75) is 10.6 Å². The maximum Gasteiger partial charge on any atom is 0.289 e. The zero-order valence-electron chi connectivity index (χ0n) is 12.6. The molecule has 2 aromatic rings. The van der Waals surface area contributed by atoms with Crippen molar-refractivity contribution in [3.05, 3.63) is 63.2 Å². The van der Waals surface area contributed by atoms with E-state index in [1.807, 2.05) is 25.1 Å². The van der Waals surface area contributed by atoms with Crippen molar-refractivity contribution in [1.82, 2.24) is 0 Å². The molecule has 0 fully saturated rings. The number of rotatable bonds is 5. The second-order valence-electron chi connectivity index (χ2n) is 5.19. The fourth-order valence-corrected chi connectivity index (χ4v) is 3.59. The van der Waals surface area contributed by atoms with Crippen LogP contribution in [0.5, 0.6) is 0 Å². The molecule has 0 aliphatic carbocycles. The largest absolute Gasteiger partial charge is 0.378 e. The molecule has 0 bridgehead atoms. The maximum absolute atomic E-state index is 12.5. The predicted octanol–water partition coefficient (Wildman–Crippen LogP) is 3.29. The van der Waals surface area contributed by atoms with Gasteiger partial charge in [-0.1, -0.05) is 23.7 Å². The molecule has 0 amide bonds. The highest BCUT2D eigenvalue weighted by Crippen LogP contribution is 2.28. The maximum atomic E-state index is 12.5. The zero-order chi connectivity index (χ0) is 17.2. The van der Waals surface area contributed by atoms with E-state index in [0.717, 1.165) is 11.8 Å². The van der Waals surface area contributed by atoms with Crippen molar-refractivity contribution in [1.29, 1.82) is 0 Å². The van der Waals surface area contributed by atoms with Gasteiger partial charge in [0, 0.05) is 25.8 Å². The van der Waals surface area contributed by atoms with Gasteiger partial charge in [0.25, 0.3) is 5.69 Å². The summed E-state index contributed by atoms with van der Waals surface area (Å²) in [7, 11) is 0.00444. The minimum absolute atomic E-state index is 0.0939. The first-order chi connectivity index (χ1) is 10.7. The second-order valence-corrected chi connectivity index (χ2v) is 7.59. The highest BCUT2D eigenvalue weighted by molar-refractivity contribution is 7.90. The molecule has 0 spiro atoms. The van der Waals surface area contributed by atoms with Crippen LogP contribution in [0.3, 0.4) is 0 Å². The Balaban J connectivity index is 2.38. The fraction of sp³-hybridized carbons (Fsp3) is 0.200. The number of nitrogens with zero attached hydrogens (tertiary/aromatic N) is 2. The predicted molar refractivity (Wildman–Crippen MR) is 89.8 cm³/mol. The van der Waals surface area contributed by atoms with Crippen LogP contribution in [-0.4, -0.2) is 27.4 Å². The summed E-state index contributed by atoms with van der Waals surface area (Å²) in [6, 6.07) is 10.6. The molecule has 2 rings (SSSR count). The molecule has 0 aliphatic heterocycles. The summed E-state index contributed by atoms with van der Waals surface area (Å²) >= 11 is 5.72. The average molecular weight is 355 g/mol. The second kappa shape index (κ2) is 6.55. The molecule has 0 N–H and O–H groups in total. The molecule has 0 aromatic heterocycles. The number of nitro benzene ring substituents is 1. The Bertz CT molecular complexity index is 850. The van der Waals surface area contributed by atoms with Crippen LogP contribution in [0.1, 0.15) is 5.56 Å². The third kappa shape index (κ3) is 4.00. The molecule has 6 nitrogen and oxygen atoms in total. The third-order valence-corrected chi connectivity index (χ3v) is 5.26. The standard InChI is InChI=1S/C15H15ClN2O4S/c1-17(2)12-5-3-4-11(8-12)10-23(21,22)13-6-7-14(16)15(9-13)18(19)20/h3-9H,10H2,1-2H3. The lowest BCUT2D eigenvalue weighted by atomic mass is 10.2. The molecule has 0 saturated heterocycles. The smallest absolute Gasteiger partial charge is 0.289 e. The number of benzene rings is 2. The van der Waals surface area contributed by atoms with Gasteiger partial charge in [-0.2, -0.15) is 0 Å². The van der Waals surface area contributed by atoms with E-state index in [0.29, 0.717) is 5.56 Å². The van der Waals surface area contributed by atoms with Crippen LogP contribution in [0.25, 0.3) is 0 Å². The number of halogens is 1. The van der Waals surface area contributed by atoms with Crippen LogP contribution in [-0.2, 0) is 15.6 Å². The van der Waals surface area contributed by atoms with E-state index in [1.165, 1.54) is 12.1 Å². The molecule has 0 aliphatic rings. The van der Waals surface area contributed by atoms with Gasteiger partial charge >= 0.3 is 0 Å². The zero-order valence-corrected chi connectivity index (χ0v) is 14.1. The Morgan fingerprint density at radius 3 is 2.48 bits per heavy atom. The first kappa shape index (κ1) is 17.2. The van der Waals surface area contributed by atoms with Crippen LogP contribution in [0.15, 0.2) is 47.4 Å². The normalized spacial score (nSPS) is 11.3. The van der Waals surface area contributed by atoms with Gasteiger partial charge in [0.1, 0.15) is 5.02 Å². The average Bonchev–Trinajstić information content (AvgIpc) is 2.46. The molecule has 0 radical (unpaired) electrons. The molecule has 0 saturated carbocycles. The Hall–Kier alpha value is -2.12. The van der Waals surface area contributed by atoms with Gasteiger partial charge in [0.05, 0.1) is 15.6 Å². The molecule has 0 atom stereocenters. The summed E-state index contributed by atoms with van der Waals surface area (Å²) < 4.78 is 25.0. The molecule has 122 valence electrons. The number of sulfone groups is 1. The van der Waals surface area contributed by atoms with Gasteiger partial charge in [0.2, 0.25) is 0 Å². The molecule has 23 heavy (non-hydrogen) atoms. The van der Waals surface area contributed by atoms with Crippen LogP contribution < -0.4 is 4.90 Å².